The van der Waals surface area contributed by atoms with Crippen LogP contribution in [0.1, 0.15) is 34.3 Å². The molecule has 9 nitrogen and oxygen atoms in total. The van der Waals surface area contributed by atoms with Crippen molar-refractivity contribution in [1.82, 2.24) is 20.4 Å². The lowest BCUT2D eigenvalue weighted by Gasteiger charge is -2.29. The molecule has 31 heavy (non-hydrogen) atoms. The Kier molecular flexibility index (Phi) is 4.33. The molecule has 9 heteroatoms. The number of hydrogen-bond donors (Lipinski definition) is 1. The average Bonchev–Trinajstić information content (AvgIpc) is 3.39. The van der Waals surface area contributed by atoms with Crippen molar-refractivity contribution in [3.63, 3.8) is 0 Å². The normalized spacial score (nSPS) is 18.0. The van der Waals surface area contributed by atoms with E-state index in [1.165, 1.54) is 11.1 Å². The highest BCUT2D eigenvalue weighted by Crippen LogP contribution is 2.32. The van der Waals surface area contributed by atoms with Crippen LogP contribution in [0.5, 0.6) is 0 Å². The van der Waals surface area contributed by atoms with Crippen LogP contribution in [0, 0.1) is 11.3 Å². The zero-order chi connectivity index (χ0) is 21.5. The summed E-state index contributed by atoms with van der Waals surface area (Å²) in [5, 5.41) is 15.4. The van der Waals surface area contributed by atoms with E-state index in [9.17, 15) is 14.4 Å². The van der Waals surface area contributed by atoms with E-state index in [0.717, 1.165) is 11.1 Å². The molecule has 1 saturated heterocycles. The number of fused-ring (bicyclic) bond motifs is 1. The molecule has 2 aliphatic heterocycles. The second-order valence-electron chi connectivity index (χ2n) is 7.39. The number of aromatic nitrogens is 2. The average molecular weight is 413 g/mol. The molecule has 1 N–H and O–H groups in total. The molecule has 1 fully saturated rings. The molecule has 1 unspecified atom stereocenters. The molecule has 0 saturated carbocycles. The minimum atomic E-state index is -0.656. The highest BCUT2D eigenvalue weighted by atomic mass is 16.5. The molecule has 3 aromatic rings. The van der Waals surface area contributed by atoms with Gasteiger partial charge >= 0.3 is 0 Å². The zero-order valence-electron chi connectivity index (χ0n) is 16.2. The molecule has 0 radical (unpaired) electrons. The van der Waals surface area contributed by atoms with Crippen molar-refractivity contribution in [3.05, 3.63) is 59.3 Å². The number of imide groups is 1. The quantitative estimate of drug-likeness (QED) is 0.650. The molecule has 152 valence electrons. The van der Waals surface area contributed by atoms with Gasteiger partial charge in [0.05, 0.1) is 17.3 Å². The smallest absolute Gasteiger partial charge is 0.255 e. The van der Waals surface area contributed by atoms with Crippen molar-refractivity contribution < 1.29 is 18.9 Å². The zero-order valence-corrected chi connectivity index (χ0v) is 16.2. The Morgan fingerprint density at radius 1 is 1.13 bits per heavy atom. The van der Waals surface area contributed by atoms with Crippen molar-refractivity contribution in [2.45, 2.75) is 25.4 Å². The van der Waals surface area contributed by atoms with Gasteiger partial charge in [0.25, 0.3) is 5.91 Å². The van der Waals surface area contributed by atoms with Gasteiger partial charge < -0.3 is 9.42 Å². The van der Waals surface area contributed by atoms with Gasteiger partial charge in [-0.25, -0.2) is 0 Å². The summed E-state index contributed by atoms with van der Waals surface area (Å²) in [6.07, 6.45) is 2.06. The van der Waals surface area contributed by atoms with E-state index in [1.54, 1.807) is 30.3 Å². The van der Waals surface area contributed by atoms with Crippen LogP contribution >= 0.6 is 0 Å². The molecule has 5 rings (SSSR count). The number of nitrogens with zero attached hydrogens (tertiary/aromatic N) is 4. The van der Waals surface area contributed by atoms with Crippen LogP contribution in [-0.2, 0) is 16.1 Å². The number of rotatable bonds is 3. The third-order valence-electron chi connectivity index (χ3n) is 5.47. The molecule has 2 aromatic heterocycles. The summed E-state index contributed by atoms with van der Waals surface area (Å²) in [7, 11) is 0. The van der Waals surface area contributed by atoms with E-state index in [0.29, 0.717) is 34.7 Å². The Balaban J connectivity index is 1.41. The molecule has 0 aliphatic carbocycles. The Morgan fingerprint density at radius 3 is 2.81 bits per heavy atom. The lowest BCUT2D eigenvalue weighted by Crippen LogP contribution is -2.52. The Morgan fingerprint density at radius 2 is 2.00 bits per heavy atom. The van der Waals surface area contributed by atoms with Crippen molar-refractivity contribution in [2.24, 2.45) is 0 Å². The second kappa shape index (κ2) is 7.18. The van der Waals surface area contributed by atoms with Crippen molar-refractivity contribution >= 4 is 17.7 Å². The van der Waals surface area contributed by atoms with E-state index in [1.807, 2.05) is 6.07 Å². The number of hydrogen-bond acceptors (Lipinski definition) is 7. The van der Waals surface area contributed by atoms with Gasteiger partial charge in [-0.05, 0) is 36.2 Å². The predicted octanol–water partition coefficient (Wildman–Crippen LogP) is 2.04. The number of carbonyl (C=O) groups is 3. The fourth-order valence-electron chi connectivity index (χ4n) is 3.90. The maximum absolute atomic E-state index is 12.8. The molecular formula is C22H15N5O4. The maximum atomic E-state index is 12.8. The summed E-state index contributed by atoms with van der Waals surface area (Å²) in [4.78, 5) is 42.1. The van der Waals surface area contributed by atoms with Gasteiger partial charge in [0.1, 0.15) is 11.7 Å². The second-order valence-corrected chi connectivity index (χ2v) is 7.39. The third kappa shape index (κ3) is 3.24. The summed E-state index contributed by atoms with van der Waals surface area (Å²) in [6.45, 7) is 0.279. The van der Waals surface area contributed by atoms with Gasteiger partial charge in [0.15, 0.2) is 5.76 Å². The first-order valence-corrected chi connectivity index (χ1v) is 9.64. The lowest BCUT2D eigenvalue weighted by molar-refractivity contribution is -0.136. The van der Waals surface area contributed by atoms with Crippen LogP contribution in [0.2, 0.25) is 0 Å². The van der Waals surface area contributed by atoms with Crippen LogP contribution < -0.4 is 5.32 Å². The van der Waals surface area contributed by atoms with E-state index in [4.69, 9.17) is 9.78 Å². The van der Waals surface area contributed by atoms with Crippen LogP contribution in [0.15, 0.2) is 47.1 Å². The highest BCUT2D eigenvalue weighted by molar-refractivity contribution is 6.05. The van der Waals surface area contributed by atoms with E-state index in [2.05, 4.69) is 21.5 Å². The number of benzene rings is 1. The van der Waals surface area contributed by atoms with Gasteiger partial charge in [0, 0.05) is 36.4 Å². The van der Waals surface area contributed by atoms with Crippen molar-refractivity contribution in [1.29, 1.82) is 5.26 Å². The summed E-state index contributed by atoms with van der Waals surface area (Å²) in [5.74, 6) is -0.492. The minimum absolute atomic E-state index is 0.212. The fraction of sp³-hybridized carbons (Fsp3) is 0.182. The molecule has 2 aliphatic rings. The summed E-state index contributed by atoms with van der Waals surface area (Å²) >= 11 is 0. The fourth-order valence-corrected chi connectivity index (χ4v) is 3.90. The number of nitrogens with one attached hydrogen (secondary N) is 1. The SMILES string of the molecule is N#Cc1ccnc(-c2cc(-c3ccc4c(c3)CN(C3CCC(=O)NC3=O)C4=O)on2)c1. The van der Waals surface area contributed by atoms with Crippen molar-refractivity contribution in [3.8, 4) is 28.8 Å². The third-order valence-corrected chi connectivity index (χ3v) is 5.47. The van der Waals surface area contributed by atoms with Gasteiger partial charge in [-0.3, -0.25) is 24.7 Å². The lowest BCUT2D eigenvalue weighted by atomic mass is 10.0. The first-order chi connectivity index (χ1) is 15.0. The number of amides is 3. The Labute approximate surface area is 176 Å². The number of nitriles is 1. The molecule has 4 heterocycles. The topological polar surface area (TPSA) is 129 Å². The van der Waals surface area contributed by atoms with Crippen LogP contribution in [-0.4, -0.2) is 38.8 Å². The highest BCUT2D eigenvalue weighted by Gasteiger charge is 2.39. The van der Waals surface area contributed by atoms with Crippen LogP contribution in [0.25, 0.3) is 22.7 Å². The Hall–Kier alpha value is -4.32. The van der Waals surface area contributed by atoms with E-state index < -0.39 is 11.9 Å². The van der Waals surface area contributed by atoms with Gasteiger partial charge in [-0.2, -0.15) is 5.26 Å². The number of pyridine rings is 1. The largest absolute Gasteiger partial charge is 0.356 e. The summed E-state index contributed by atoms with van der Waals surface area (Å²) in [5.41, 5.74) is 3.51. The predicted molar refractivity (Wildman–Crippen MR) is 106 cm³/mol. The summed E-state index contributed by atoms with van der Waals surface area (Å²) in [6, 6.07) is 11.7. The minimum Gasteiger partial charge on any atom is -0.356 e. The molecule has 1 atom stereocenters. The van der Waals surface area contributed by atoms with Gasteiger partial charge in [-0.1, -0.05) is 11.2 Å². The standard InChI is InChI=1S/C22H15N5O4/c23-10-12-5-6-24-16(7-12)17-9-19(31-26-17)13-1-2-15-14(8-13)11-27(22(15)30)18-3-4-20(28)25-21(18)29/h1-2,5-9,18H,3-4,11H2,(H,25,28,29). The molecular weight excluding hydrogens is 398 g/mol. The van der Waals surface area contributed by atoms with Gasteiger partial charge in [-0.15, -0.1) is 0 Å². The summed E-state index contributed by atoms with van der Waals surface area (Å²) < 4.78 is 5.46. The molecule has 3 amide bonds. The Bertz CT molecular complexity index is 1290. The molecule has 1 aromatic carbocycles. The van der Waals surface area contributed by atoms with Gasteiger partial charge in [0.2, 0.25) is 11.8 Å². The number of piperidine rings is 1. The molecule has 0 bridgehead atoms. The van der Waals surface area contributed by atoms with Crippen molar-refractivity contribution in [2.75, 3.05) is 0 Å². The van der Waals surface area contributed by atoms with Crippen LogP contribution in [0.3, 0.4) is 0 Å². The molecule has 0 spiro atoms. The monoisotopic (exact) mass is 413 g/mol. The van der Waals surface area contributed by atoms with Crippen LogP contribution in [0.4, 0.5) is 0 Å². The number of carbonyl (C=O) groups excluding carboxylic acids is 3. The van der Waals surface area contributed by atoms with E-state index >= 15 is 0 Å². The van der Waals surface area contributed by atoms with E-state index in [-0.39, 0.29) is 24.8 Å². The first-order valence-electron chi connectivity index (χ1n) is 9.64. The maximum Gasteiger partial charge on any atom is 0.255 e. The first kappa shape index (κ1) is 18.7.